The van der Waals surface area contributed by atoms with Crippen molar-refractivity contribution in [2.75, 3.05) is 19.7 Å². The number of aryl methyl sites for hydroxylation is 1. The number of nitrogens with two attached hydrogens (primary N) is 1. The van der Waals surface area contributed by atoms with Gasteiger partial charge in [0.25, 0.3) is 0 Å². The summed E-state index contributed by atoms with van der Waals surface area (Å²) in [6.07, 6.45) is 2.45. The molecule has 0 aromatic heterocycles. The fourth-order valence-corrected chi connectivity index (χ4v) is 4.53. The Labute approximate surface area is 229 Å². The van der Waals surface area contributed by atoms with E-state index in [1.807, 2.05) is 30.3 Å². The number of phenolic OH excluding ortho intramolecular Hbond substituents is 1. The number of benzene rings is 3. The number of primary sulfonamides is 1. The first-order valence-electron chi connectivity index (χ1n) is 12.8. The Hall–Kier alpha value is -3.44. The van der Waals surface area contributed by atoms with Gasteiger partial charge in [-0.2, -0.15) is 0 Å². The standard InChI is InChI=1S/C29H36N2O7S/c1-21(32)38-20-25-18-24(10-13-28(25)33)29(34)19-31-15-14-22-8-11-26(12-9-22)37-16-3-2-5-23-6-4-7-27(17-23)39(30,35)36/h4,6-13,17-18,29,31,33-34H,2-3,5,14-16,19-20H2,1H3,(H2,30,35,36)/t29-/m0/s1. The van der Waals surface area contributed by atoms with Gasteiger partial charge in [-0.05, 0) is 85.3 Å². The summed E-state index contributed by atoms with van der Waals surface area (Å²) in [7, 11) is -3.69. The van der Waals surface area contributed by atoms with E-state index in [2.05, 4.69) is 5.32 Å². The molecule has 0 bridgehead atoms. The number of carbonyl (C=O) groups is 1. The molecular weight excluding hydrogens is 520 g/mol. The second-order valence-electron chi connectivity index (χ2n) is 9.28. The molecule has 0 spiro atoms. The van der Waals surface area contributed by atoms with E-state index in [0.717, 1.165) is 42.6 Å². The Bertz CT molecular complexity index is 1330. The summed E-state index contributed by atoms with van der Waals surface area (Å²) in [6, 6.07) is 19.3. The van der Waals surface area contributed by atoms with Crippen LogP contribution in [0.25, 0.3) is 0 Å². The smallest absolute Gasteiger partial charge is 0.302 e. The van der Waals surface area contributed by atoms with Crippen LogP contribution in [0.3, 0.4) is 0 Å². The van der Waals surface area contributed by atoms with Gasteiger partial charge in [-0.1, -0.05) is 30.3 Å². The summed E-state index contributed by atoms with van der Waals surface area (Å²) < 4.78 is 33.7. The average molecular weight is 557 g/mol. The van der Waals surface area contributed by atoms with Crippen LogP contribution in [0.4, 0.5) is 0 Å². The van der Waals surface area contributed by atoms with E-state index in [1.165, 1.54) is 19.1 Å². The minimum atomic E-state index is -3.69. The highest BCUT2D eigenvalue weighted by molar-refractivity contribution is 7.89. The summed E-state index contributed by atoms with van der Waals surface area (Å²) in [4.78, 5) is 11.1. The highest BCUT2D eigenvalue weighted by Gasteiger charge is 2.12. The normalized spacial score (nSPS) is 12.2. The van der Waals surface area contributed by atoms with E-state index in [0.29, 0.717) is 30.8 Å². The molecule has 1 atom stereocenters. The molecule has 0 saturated heterocycles. The lowest BCUT2D eigenvalue weighted by atomic mass is 10.1. The number of aliphatic hydroxyl groups excluding tert-OH is 1. The number of unbranched alkanes of at least 4 members (excludes halogenated alkanes) is 1. The summed E-state index contributed by atoms with van der Waals surface area (Å²) in [5, 5.41) is 28.8. The van der Waals surface area contributed by atoms with Crippen LogP contribution in [0.5, 0.6) is 11.5 Å². The van der Waals surface area contributed by atoms with Crippen LogP contribution in [0.2, 0.25) is 0 Å². The zero-order valence-corrected chi connectivity index (χ0v) is 22.8. The number of rotatable bonds is 15. The molecule has 0 radical (unpaired) electrons. The van der Waals surface area contributed by atoms with Gasteiger partial charge in [0.05, 0.1) is 17.6 Å². The van der Waals surface area contributed by atoms with E-state index in [-0.39, 0.29) is 17.3 Å². The van der Waals surface area contributed by atoms with Crippen LogP contribution in [0, 0.1) is 0 Å². The summed E-state index contributed by atoms with van der Waals surface area (Å²) in [5.41, 5.74) is 3.13. The minimum Gasteiger partial charge on any atom is -0.508 e. The fraction of sp³-hybridized carbons (Fsp3) is 0.345. The van der Waals surface area contributed by atoms with Gasteiger partial charge in [0.1, 0.15) is 18.1 Å². The first-order valence-corrected chi connectivity index (χ1v) is 14.3. The number of aromatic hydroxyl groups is 1. The second kappa shape index (κ2) is 14.6. The van der Waals surface area contributed by atoms with Crippen molar-refractivity contribution >= 4 is 16.0 Å². The number of esters is 1. The van der Waals surface area contributed by atoms with Crippen LogP contribution in [-0.4, -0.2) is 44.3 Å². The molecule has 0 saturated carbocycles. The third-order valence-electron chi connectivity index (χ3n) is 6.13. The Balaban J connectivity index is 1.33. The maximum atomic E-state index is 11.5. The molecule has 9 nitrogen and oxygen atoms in total. The zero-order chi connectivity index (χ0) is 28.3. The lowest BCUT2D eigenvalue weighted by Gasteiger charge is -2.14. The van der Waals surface area contributed by atoms with Gasteiger partial charge in [0.15, 0.2) is 0 Å². The summed E-state index contributed by atoms with van der Waals surface area (Å²) in [5.74, 6) is 0.362. The van der Waals surface area contributed by atoms with Gasteiger partial charge >= 0.3 is 5.97 Å². The van der Waals surface area contributed by atoms with Gasteiger partial charge < -0.3 is 25.0 Å². The molecule has 3 aromatic rings. The quantitative estimate of drug-likeness (QED) is 0.165. The molecule has 0 amide bonds. The Morgan fingerprint density at radius 1 is 1.00 bits per heavy atom. The highest BCUT2D eigenvalue weighted by Crippen LogP contribution is 2.23. The number of ether oxygens (including phenoxy) is 2. The first kappa shape index (κ1) is 30.1. The van der Waals surface area contributed by atoms with E-state index in [1.54, 1.807) is 24.3 Å². The van der Waals surface area contributed by atoms with Crippen LogP contribution < -0.4 is 15.2 Å². The van der Waals surface area contributed by atoms with Gasteiger partial charge in [-0.3, -0.25) is 4.79 Å². The summed E-state index contributed by atoms with van der Waals surface area (Å²) >= 11 is 0. The number of carbonyl (C=O) groups excluding carboxylic acids is 1. The van der Waals surface area contributed by atoms with E-state index < -0.39 is 22.1 Å². The molecule has 5 N–H and O–H groups in total. The van der Waals surface area contributed by atoms with Crippen molar-refractivity contribution in [3.05, 3.63) is 89.0 Å². The molecule has 0 unspecified atom stereocenters. The van der Waals surface area contributed by atoms with Crippen molar-refractivity contribution < 1.29 is 32.9 Å². The number of hydrogen-bond donors (Lipinski definition) is 4. The number of aliphatic hydroxyl groups is 1. The molecule has 210 valence electrons. The van der Waals surface area contributed by atoms with Crippen molar-refractivity contribution in [3.63, 3.8) is 0 Å². The number of sulfonamides is 1. The van der Waals surface area contributed by atoms with Crippen molar-refractivity contribution in [2.45, 2.75) is 50.2 Å². The van der Waals surface area contributed by atoms with Crippen molar-refractivity contribution in [1.82, 2.24) is 5.32 Å². The van der Waals surface area contributed by atoms with Gasteiger partial charge in [0, 0.05) is 19.0 Å². The Morgan fingerprint density at radius 2 is 1.77 bits per heavy atom. The van der Waals surface area contributed by atoms with Crippen LogP contribution in [-0.2, 0) is 39.0 Å². The highest BCUT2D eigenvalue weighted by atomic mass is 32.2. The topological polar surface area (TPSA) is 148 Å². The molecule has 10 heteroatoms. The van der Waals surface area contributed by atoms with Crippen LogP contribution in [0.1, 0.15) is 48.1 Å². The van der Waals surface area contributed by atoms with Crippen molar-refractivity contribution in [3.8, 4) is 11.5 Å². The average Bonchev–Trinajstić information content (AvgIpc) is 2.90. The molecule has 3 aromatic carbocycles. The number of phenols is 1. The fourth-order valence-electron chi connectivity index (χ4n) is 3.95. The predicted octanol–water partition coefficient (Wildman–Crippen LogP) is 3.37. The maximum Gasteiger partial charge on any atom is 0.302 e. The molecule has 0 aliphatic rings. The van der Waals surface area contributed by atoms with Gasteiger partial charge in [-0.15, -0.1) is 0 Å². The lowest BCUT2D eigenvalue weighted by molar-refractivity contribution is -0.142. The SMILES string of the molecule is CC(=O)OCc1cc([C@@H](O)CNCCc2ccc(OCCCCc3cccc(S(N)(=O)=O)c3)cc2)ccc1O. The molecular formula is C29H36N2O7S. The maximum absolute atomic E-state index is 11.5. The van der Waals surface area contributed by atoms with Crippen molar-refractivity contribution in [2.24, 2.45) is 5.14 Å². The second-order valence-corrected chi connectivity index (χ2v) is 10.8. The van der Waals surface area contributed by atoms with E-state index in [9.17, 15) is 23.4 Å². The summed E-state index contributed by atoms with van der Waals surface area (Å²) in [6.45, 7) is 2.82. The first-order chi connectivity index (χ1) is 18.6. The third-order valence-corrected chi connectivity index (χ3v) is 7.04. The van der Waals surface area contributed by atoms with Crippen molar-refractivity contribution in [1.29, 1.82) is 0 Å². The van der Waals surface area contributed by atoms with Gasteiger partial charge in [-0.25, -0.2) is 13.6 Å². The van der Waals surface area contributed by atoms with Crippen LogP contribution in [0.15, 0.2) is 71.6 Å². The molecule has 0 aliphatic carbocycles. The molecule has 3 rings (SSSR count). The Morgan fingerprint density at radius 3 is 2.49 bits per heavy atom. The molecule has 39 heavy (non-hydrogen) atoms. The number of hydrogen-bond acceptors (Lipinski definition) is 8. The minimum absolute atomic E-state index is 0.0146. The van der Waals surface area contributed by atoms with Crippen LogP contribution >= 0.6 is 0 Å². The number of nitrogens with one attached hydrogen (secondary N) is 1. The van der Waals surface area contributed by atoms with E-state index >= 15 is 0 Å². The van der Waals surface area contributed by atoms with E-state index in [4.69, 9.17) is 14.6 Å². The lowest BCUT2D eigenvalue weighted by Crippen LogP contribution is -2.23. The zero-order valence-electron chi connectivity index (χ0n) is 22.0. The molecule has 0 fully saturated rings. The largest absolute Gasteiger partial charge is 0.508 e. The monoisotopic (exact) mass is 556 g/mol. The van der Waals surface area contributed by atoms with Gasteiger partial charge in [0.2, 0.25) is 10.0 Å². The predicted molar refractivity (Wildman–Crippen MR) is 148 cm³/mol. The molecule has 0 heterocycles. The Kier molecular flexibility index (Phi) is 11.3. The third kappa shape index (κ3) is 10.3. The molecule has 0 aliphatic heterocycles.